The van der Waals surface area contributed by atoms with Crippen molar-refractivity contribution >= 4 is 5.91 Å². The zero-order valence-corrected chi connectivity index (χ0v) is 24.0. The molecule has 1 N–H and O–H groups in total. The Morgan fingerprint density at radius 1 is 0.771 bits per heavy atom. The Bertz CT molecular complexity index is 777. The molecule has 1 saturated heterocycles. The predicted octanol–water partition coefficient (Wildman–Crippen LogP) is 8.46. The first-order valence-electron chi connectivity index (χ1n) is 14.0. The summed E-state index contributed by atoms with van der Waals surface area (Å²) in [4.78, 5) is 14.7. The van der Waals surface area contributed by atoms with Gasteiger partial charge in [0.25, 0.3) is 0 Å². The minimum Gasteiger partial charge on any atom is -0.351 e. The summed E-state index contributed by atoms with van der Waals surface area (Å²) in [5.74, 6) is 0.0599. The van der Waals surface area contributed by atoms with Gasteiger partial charge in [-0.3, -0.25) is 9.69 Å². The molecule has 198 valence electrons. The average Bonchev–Trinajstić information content (AvgIpc) is 3.25. The fourth-order valence-electron chi connectivity index (χ4n) is 4.64. The van der Waals surface area contributed by atoms with Crippen LogP contribution in [0.3, 0.4) is 0 Å². The summed E-state index contributed by atoms with van der Waals surface area (Å²) in [5.41, 5.74) is 7.02. The molecular formula is C32H54N2O. The van der Waals surface area contributed by atoms with Crippen molar-refractivity contribution in [3.8, 4) is 0 Å². The number of hydrogen-bond donors (Lipinski definition) is 1. The van der Waals surface area contributed by atoms with E-state index in [1.54, 1.807) is 6.08 Å². The standard InChI is InChI=1S/C32H54N2O/c1-8-34-23-13-22-31(34)25-33-32(35)24-30(7)21-12-20-29(6)19-11-18-28(5)17-10-16-27(4)15-9-14-26(2)3/h14,16,18,20,24,31H,8-13,15,17,19,21-23,25H2,1-7H3,(H,33,35). The highest BCUT2D eigenvalue weighted by molar-refractivity contribution is 5.88. The average molecular weight is 483 g/mol. The summed E-state index contributed by atoms with van der Waals surface area (Å²) in [6, 6.07) is 0.513. The highest BCUT2D eigenvalue weighted by Crippen LogP contribution is 2.16. The van der Waals surface area contributed by atoms with Gasteiger partial charge < -0.3 is 5.32 Å². The Morgan fingerprint density at radius 2 is 1.26 bits per heavy atom. The summed E-state index contributed by atoms with van der Waals surface area (Å²) in [5, 5.41) is 3.11. The smallest absolute Gasteiger partial charge is 0.243 e. The van der Waals surface area contributed by atoms with E-state index in [0.29, 0.717) is 6.04 Å². The molecule has 0 radical (unpaired) electrons. The van der Waals surface area contributed by atoms with E-state index < -0.39 is 0 Å². The quantitative estimate of drug-likeness (QED) is 0.177. The highest BCUT2D eigenvalue weighted by Gasteiger charge is 2.22. The molecule has 3 nitrogen and oxygen atoms in total. The monoisotopic (exact) mass is 482 g/mol. The van der Waals surface area contributed by atoms with Gasteiger partial charge in [-0.15, -0.1) is 0 Å². The third kappa shape index (κ3) is 15.7. The topological polar surface area (TPSA) is 32.3 Å². The van der Waals surface area contributed by atoms with Crippen molar-refractivity contribution in [3.63, 3.8) is 0 Å². The fraction of sp³-hybridized carbons (Fsp3) is 0.656. The van der Waals surface area contributed by atoms with Gasteiger partial charge in [0, 0.05) is 18.7 Å². The number of amides is 1. The second-order valence-corrected chi connectivity index (χ2v) is 10.7. The second kappa shape index (κ2) is 18.4. The van der Waals surface area contributed by atoms with Crippen LogP contribution < -0.4 is 5.32 Å². The molecule has 0 aromatic rings. The van der Waals surface area contributed by atoms with Crippen molar-refractivity contribution in [1.29, 1.82) is 0 Å². The molecule has 0 aromatic heterocycles. The number of likely N-dealkylation sites (N-methyl/N-ethyl adjacent to an activating group) is 1. The lowest BCUT2D eigenvalue weighted by Crippen LogP contribution is -2.39. The maximum absolute atomic E-state index is 12.3. The lowest BCUT2D eigenvalue weighted by Gasteiger charge is -2.22. The van der Waals surface area contributed by atoms with Gasteiger partial charge in [-0.2, -0.15) is 0 Å². The first-order chi connectivity index (χ1) is 16.7. The van der Waals surface area contributed by atoms with Crippen LogP contribution in [0.2, 0.25) is 0 Å². The van der Waals surface area contributed by atoms with Crippen LogP contribution in [-0.4, -0.2) is 36.5 Å². The van der Waals surface area contributed by atoms with E-state index in [9.17, 15) is 4.79 Å². The zero-order valence-electron chi connectivity index (χ0n) is 24.0. The van der Waals surface area contributed by atoms with Gasteiger partial charge in [-0.1, -0.05) is 59.1 Å². The number of nitrogens with one attached hydrogen (secondary N) is 1. The maximum atomic E-state index is 12.3. The van der Waals surface area contributed by atoms with Gasteiger partial charge in [0.1, 0.15) is 0 Å². The van der Waals surface area contributed by atoms with Crippen LogP contribution in [0, 0.1) is 0 Å². The van der Waals surface area contributed by atoms with Gasteiger partial charge in [-0.05, 0) is 119 Å². The molecule has 35 heavy (non-hydrogen) atoms. The van der Waals surface area contributed by atoms with E-state index in [0.717, 1.165) is 63.6 Å². The van der Waals surface area contributed by atoms with E-state index in [1.165, 1.54) is 48.1 Å². The van der Waals surface area contributed by atoms with Crippen LogP contribution in [0.4, 0.5) is 0 Å². The molecule has 1 rings (SSSR count). The third-order valence-corrected chi connectivity index (χ3v) is 6.98. The summed E-state index contributed by atoms with van der Waals surface area (Å²) < 4.78 is 0. The summed E-state index contributed by atoms with van der Waals surface area (Å²) in [6.07, 6.45) is 22.5. The number of hydrogen-bond acceptors (Lipinski definition) is 2. The highest BCUT2D eigenvalue weighted by atomic mass is 16.1. The second-order valence-electron chi connectivity index (χ2n) is 10.7. The van der Waals surface area contributed by atoms with E-state index in [-0.39, 0.29) is 5.91 Å². The third-order valence-electron chi connectivity index (χ3n) is 6.98. The lowest BCUT2D eigenvalue weighted by molar-refractivity contribution is -0.116. The SMILES string of the molecule is CCN1CCCC1CNC(=O)C=C(C)CCC=C(C)CCC=C(C)CCC=C(C)CCC=C(C)C. The number of likely N-dealkylation sites (tertiary alicyclic amines) is 1. The van der Waals surface area contributed by atoms with Crippen LogP contribution in [0.15, 0.2) is 58.2 Å². The number of allylic oxidation sites excluding steroid dienone is 9. The minimum absolute atomic E-state index is 0.0599. The number of nitrogens with zero attached hydrogens (tertiary/aromatic N) is 1. The lowest BCUT2D eigenvalue weighted by atomic mass is 10.0. The Morgan fingerprint density at radius 3 is 1.74 bits per heavy atom. The Kier molecular flexibility index (Phi) is 16.4. The molecule has 0 saturated carbocycles. The number of rotatable bonds is 16. The van der Waals surface area contributed by atoms with Crippen LogP contribution in [0.25, 0.3) is 0 Å². The van der Waals surface area contributed by atoms with E-state index in [1.807, 2.05) is 0 Å². The first kappa shape index (κ1) is 31.2. The van der Waals surface area contributed by atoms with E-state index in [2.05, 4.69) is 83.0 Å². The Balaban J connectivity index is 2.24. The summed E-state index contributed by atoms with van der Waals surface area (Å²) >= 11 is 0. The van der Waals surface area contributed by atoms with Crippen LogP contribution >= 0.6 is 0 Å². The number of carbonyl (C=O) groups excluding carboxylic acids is 1. The van der Waals surface area contributed by atoms with Gasteiger partial charge >= 0.3 is 0 Å². The molecular weight excluding hydrogens is 428 g/mol. The summed E-state index contributed by atoms with van der Waals surface area (Å²) in [6.45, 7) is 18.4. The van der Waals surface area contributed by atoms with Crippen molar-refractivity contribution in [3.05, 3.63) is 58.2 Å². The fourth-order valence-corrected chi connectivity index (χ4v) is 4.64. The maximum Gasteiger partial charge on any atom is 0.243 e. The minimum atomic E-state index is 0.0599. The van der Waals surface area contributed by atoms with Gasteiger partial charge in [0.05, 0.1) is 0 Å². The largest absolute Gasteiger partial charge is 0.351 e. The van der Waals surface area contributed by atoms with Crippen molar-refractivity contribution in [2.24, 2.45) is 0 Å². The molecule has 0 bridgehead atoms. The number of carbonyl (C=O) groups is 1. The molecule has 1 heterocycles. The van der Waals surface area contributed by atoms with Gasteiger partial charge in [0.2, 0.25) is 5.91 Å². The normalized spacial score (nSPS) is 18.2. The van der Waals surface area contributed by atoms with E-state index in [4.69, 9.17) is 0 Å². The molecule has 3 heteroatoms. The van der Waals surface area contributed by atoms with Gasteiger partial charge in [-0.25, -0.2) is 0 Å². The molecule has 0 aromatic carbocycles. The van der Waals surface area contributed by atoms with Gasteiger partial charge in [0.15, 0.2) is 0 Å². The molecule has 0 spiro atoms. The molecule has 1 fully saturated rings. The van der Waals surface area contributed by atoms with Crippen LogP contribution in [0.5, 0.6) is 0 Å². The molecule has 1 aliphatic heterocycles. The first-order valence-corrected chi connectivity index (χ1v) is 14.0. The van der Waals surface area contributed by atoms with Crippen molar-refractivity contribution in [2.75, 3.05) is 19.6 Å². The van der Waals surface area contributed by atoms with Crippen LogP contribution in [0.1, 0.15) is 113 Å². The van der Waals surface area contributed by atoms with Crippen LogP contribution in [-0.2, 0) is 4.79 Å². The summed E-state index contributed by atoms with van der Waals surface area (Å²) in [7, 11) is 0. The molecule has 1 atom stereocenters. The Hall–Kier alpha value is -1.87. The predicted molar refractivity (Wildman–Crippen MR) is 155 cm³/mol. The Labute approximate surface area is 217 Å². The van der Waals surface area contributed by atoms with E-state index >= 15 is 0 Å². The molecule has 1 amide bonds. The molecule has 0 aliphatic carbocycles. The van der Waals surface area contributed by atoms with Crippen molar-refractivity contribution < 1.29 is 4.79 Å². The molecule has 1 aliphatic rings. The molecule has 1 unspecified atom stereocenters. The van der Waals surface area contributed by atoms with Crippen molar-refractivity contribution in [2.45, 2.75) is 119 Å². The zero-order chi connectivity index (χ0) is 26.1. The van der Waals surface area contributed by atoms with Crippen molar-refractivity contribution in [1.82, 2.24) is 10.2 Å².